The molecule has 0 spiro atoms. The van der Waals surface area contributed by atoms with Crippen LogP contribution < -0.4 is 0 Å². The zero-order valence-corrected chi connectivity index (χ0v) is 27.8. The number of fused-ring (bicyclic) bond motifs is 1. The lowest BCUT2D eigenvalue weighted by molar-refractivity contribution is -0.141. The molecule has 0 radical (unpaired) electrons. The first-order chi connectivity index (χ1) is 23.2. The van der Waals surface area contributed by atoms with Crippen LogP contribution in [0, 0.1) is 11.7 Å². The zero-order chi connectivity index (χ0) is 33.4. The quantitative estimate of drug-likeness (QED) is 0.302. The van der Waals surface area contributed by atoms with Crippen molar-refractivity contribution < 1.29 is 18.8 Å². The molecule has 3 aliphatic heterocycles. The van der Waals surface area contributed by atoms with Gasteiger partial charge in [0.05, 0.1) is 11.4 Å². The Morgan fingerprint density at radius 1 is 0.729 bits per heavy atom. The lowest BCUT2D eigenvalue weighted by Crippen LogP contribution is -2.55. The van der Waals surface area contributed by atoms with Crippen LogP contribution in [0.15, 0.2) is 66.9 Å². The molecule has 7 rings (SSSR count). The van der Waals surface area contributed by atoms with Gasteiger partial charge in [0, 0.05) is 112 Å². The van der Waals surface area contributed by atoms with E-state index in [0.29, 0.717) is 54.7 Å². The number of likely N-dealkylation sites (tertiary alicyclic amines) is 2. The van der Waals surface area contributed by atoms with Gasteiger partial charge < -0.3 is 19.3 Å². The van der Waals surface area contributed by atoms with E-state index in [9.17, 15) is 18.8 Å². The molecular formula is C38H43FN6O3. The van der Waals surface area contributed by atoms with Crippen molar-refractivity contribution in [3.8, 4) is 22.5 Å². The number of amides is 3. The largest absolute Gasteiger partial charge is 0.351 e. The summed E-state index contributed by atoms with van der Waals surface area (Å²) in [5.74, 6) is -0.0515. The molecule has 0 atom stereocenters. The summed E-state index contributed by atoms with van der Waals surface area (Å²) >= 11 is 0. The molecule has 3 fully saturated rings. The molecule has 3 saturated heterocycles. The number of piperidine rings is 2. The van der Waals surface area contributed by atoms with Crippen LogP contribution in [-0.2, 0) is 16.6 Å². The fraction of sp³-hybridized carbons (Fsp3) is 0.421. The second-order valence-corrected chi connectivity index (χ2v) is 13.5. The van der Waals surface area contributed by atoms with E-state index in [1.165, 1.54) is 12.1 Å². The second-order valence-electron chi connectivity index (χ2n) is 13.5. The molecule has 0 aliphatic carbocycles. The monoisotopic (exact) mass is 650 g/mol. The summed E-state index contributed by atoms with van der Waals surface area (Å²) in [6, 6.07) is 18.6. The van der Waals surface area contributed by atoms with Crippen LogP contribution in [-0.4, -0.2) is 105 Å². The maximum absolute atomic E-state index is 14.2. The molecule has 3 aliphatic rings. The first-order valence-electron chi connectivity index (χ1n) is 17.1. The maximum Gasteiger partial charge on any atom is 0.254 e. The third-order valence-corrected chi connectivity index (χ3v) is 10.6. The minimum absolute atomic E-state index is 0.0167. The van der Waals surface area contributed by atoms with Gasteiger partial charge in [-0.25, -0.2) is 9.37 Å². The van der Waals surface area contributed by atoms with Crippen LogP contribution in [0.4, 0.5) is 4.39 Å². The van der Waals surface area contributed by atoms with Crippen molar-refractivity contribution in [2.24, 2.45) is 13.0 Å². The summed E-state index contributed by atoms with van der Waals surface area (Å²) in [7, 11) is 2.01. The van der Waals surface area contributed by atoms with Crippen LogP contribution in [0.5, 0.6) is 0 Å². The summed E-state index contributed by atoms with van der Waals surface area (Å²) in [4.78, 5) is 52.0. The summed E-state index contributed by atoms with van der Waals surface area (Å²) in [6.45, 7) is 7.25. The van der Waals surface area contributed by atoms with Gasteiger partial charge in [-0.15, -0.1) is 0 Å². The van der Waals surface area contributed by atoms with Gasteiger partial charge in [0.1, 0.15) is 5.82 Å². The number of rotatable bonds is 5. The van der Waals surface area contributed by atoms with E-state index in [4.69, 9.17) is 4.98 Å². The minimum atomic E-state index is -0.348. The zero-order valence-electron chi connectivity index (χ0n) is 27.8. The van der Waals surface area contributed by atoms with Gasteiger partial charge in [0.2, 0.25) is 11.8 Å². The Balaban J connectivity index is 1.01. The van der Waals surface area contributed by atoms with Gasteiger partial charge in [-0.2, -0.15) is 0 Å². The number of hydrogen-bond donors (Lipinski definition) is 0. The molecule has 0 unspecified atom stereocenters. The van der Waals surface area contributed by atoms with E-state index >= 15 is 0 Å². The van der Waals surface area contributed by atoms with Crippen LogP contribution >= 0.6 is 0 Å². The SMILES string of the molecule is CC(=O)N1CCC(C(=O)N2CCC(N3CCN(C(=O)c4cc(-c5cccc(F)c5)nc(-c5ccc6c(ccn6C)c5)c4)CC3)CC2)CC1. The van der Waals surface area contributed by atoms with Crippen LogP contribution in [0.1, 0.15) is 43.0 Å². The summed E-state index contributed by atoms with van der Waals surface area (Å²) in [6.07, 6.45) is 5.38. The fourth-order valence-corrected chi connectivity index (χ4v) is 7.66. The molecule has 5 heterocycles. The number of benzene rings is 2. The van der Waals surface area contributed by atoms with E-state index in [2.05, 4.69) is 27.7 Å². The topological polar surface area (TPSA) is 82.0 Å². The third kappa shape index (κ3) is 6.58. The Bertz CT molecular complexity index is 1830. The lowest BCUT2D eigenvalue weighted by Gasteiger charge is -2.43. The van der Waals surface area contributed by atoms with Gasteiger partial charge in [0.15, 0.2) is 0 Å². The molecular weight excluding hydrogens is 607 g/mol. The highest BCUT2D eigenvalue weighted by atomic mass is 19.1. The predicted molar refractivity (Wildman–Crippen MR) is 184 cm³/mol. The Labute approximate surface area is 280 Å². The Hall–Kier alpha value is -4.57. The molecule has 3 amide bonds. The predicted octanol–water partition coefficient (Wildman–Crippen LogP) is 5.05. The van der Waals surface area contributed by atoms with Crippen molar-refractivity contribution in [1.29, 1.82) is 0 Å². The molecule has 2 aromatic heterocycles. The van der Waals surface area contributed by atoms with Crippen LogP contribution in [0.3, 0.4) is 0 Å². The molecule has 0 bridgehead atoms. The van der Waals surface area contributed by atoms with E-state index in [0.717, 1.165) is 68.3 Å². The average Bonchev–Trinajstić information content (AvgIpc) is 3.50. The van der Waals surface area contributed by atoms with Crippen molar-refractivity contribution in [1.82, 2.24) is 29.2 Å². The molecule has 2 aromatic carbocycles. The number of aromatic nitrogens is 2. The van der Waals surface area contributed by atoms with Crippen molar-refractivity contribution in [3.05, 3.63) is 78.2 Å². The van der Waals surface area contributed by atoms with Crippen LogP contribution in [0.25, 0.3) is 33.4 Å². The molecule has 0 saturated carbocycles. The first-order valence-corrected chi connectivity index (χ1v) is 17.1. The summed E-state index contributed by atoms with van der Waals surface area (Å²) in [5, 5.41) is 1.09. The third-order valence-electron chi connectivity index (χ3n) is 10.6. The number of halogens is 1. The van der Waals surface area contributed by atoms with Crippen molar-refractivity contribution in [2.45, 2.75) is 38.6 Å². The van der Waals surface area contributed by atoms with E-state index in [1.54, 1.807) is 19.1 Å². The van der Waals surface area contributed by atoms with Crippen LogP contribution in [0.2, 0.25) is 0 Å². The lowest BCUT2D eigenvalue weighted by atomic mass is 9.93. The Kier molecular flexibility index (Phi) is 9.00. The highest BCUT2D eigenvalue weighted by Crippen LogP contribution is 2.30. The number of aryl methyl sites for hydroxylation is 1. The summed E-state index contributed by atoms with van der Waals surface area (Å²) < 4.78 is 16.3. The summed E-state index contributed by atoms with van der Waals surface area (Å²) in [5.41, 5.74) is 4.42. The van der Waals surface area contributed by atoms with E-state index in [-0.39, 0.29) is 29.5 Å². The molecule has 4 aromatic rings. The van der Waals surface area contributed by atoms with Gasteiger partial charge in [-0.3, -0.25) is 19.3 Å². The molecule has 48 heavy (non-hydrogen) atoms. The highest BCUT2D eigenvalue weighted by molar-refractivity contribution is 5.97. The van der Waals surface area contributed by atoms with E-state index < -0.39 is 0 Å². The Morgan fingerprint density at radius 3 is 2.06 bits per heavy atom. The van der Waals surface area contributed by atoms with Crippen molar-refractivity contribution >= 4 is 28.6 Å². The van der Waals surface area contributed by atoms with Crippen molar-refractivity contribution in [3.63, 3.8) is 0 Å². The van der Waals surface area contributed by atoms with Gasteiger partial charge in [-0.05, 0) is 68.1 Å². The number of nitrogens with zero attached hydrogens (tertiary/aromatic N) is 6. The number of carbonyl (C=O) groups is 3. The fourth-order valence-electron chi connectivity index (χ4n) is 7.66. The van der Waals surface area contributed by atoms with E-state index in [1.807, 2.05) is 46.1 Å². The Morgan fingerprint density at radius 2 is 1.40 bits per heavy atom. The maximum atomic E-state index is 14.2. The smallest absolute Gasteiger partial charge is 0.254 e. The number of carbonyl (C=O) groups excluding carboxylic acids is 3. The average molecular weight is 651 g/mol. The standard InChI is InChI=1S/C38H43FN6O3/c1-26(46)42-14-9-27(10-15-42)37(47)44-16-11-33(12-17-44)43-18-20-45(21-19-43)38(48)31-24-34(28-4-3-5-32(39)23-28)40-35(25-31)29-6-7-36-30(22-29)8-13-41(36)2/h3-8,13,22-25,27,33H,9-12,14-21H2,1-2H3. The van der Waals surface area contributed by atoms with Crippen molar-refractivity contribution in [2.75, 3.05) is 52.4 Å². The number of pyridine rings is 1. The normalized spacial score (nSPS) is 18.4. The molecule has 9 nitrogen and oxygen atoms in total. The molecule has 250 valence electrons. The number of hydrogen-bond acceptors (Lipinski definition) is 5. The molecule has 0 N–H and O–H groups in total. The minimum Gasteiger partial charge on any atom is -0.351 e. The molecule has 10 heteroatoms. The number of piperazine rings is 1. The van der Waals surface area contributed by atoms with Gasteiger partial charge >= 0.3 is 0 Å². The second kappa shape index (κ2) is 13.5. The highest BCUT2D eigenvalue weighted by Gasteiger charge is 2.34. The first kappa shape index (κ1) is 32.0. The van der Waals surface area contributed by atoms with Gasteiger partial charge in [0.25, 0.3) is 5.91 Å². The van der Waals surface area contributed by atoms with Gasteiger partial charge in [-0.1, -0.05) is 18.2 Å².